The standard InChI is InChI=1S/C15H19N3O2S/c1-18(2)14-8-5-7-13(10-14)17-21(19,20)11-12-6-3-4-9-15(12)16/h3-10,17H,11,16H2,1-2H3. The van der Waals surface area contributed by atoms with Crippen LogP contribution < -0.4 is 15.4 Å². The van der Waals surface area contributed by atoms with Crippen molar-refractivity contribution < 1.29 is 8.42 Å². The zero-order chi connectivity index (χ0) is 15.5. The van der Waals surface area contributed by atoms with Gasteiger partial charge in [0.2, 0.25) is 10.0 Å². The van der Waals surface area contributed by atoms with Crippen LogP contribution in [-0.4, -0.2) is 22.5 Å². The van der Waals surface area contributed by atoms with E-state index in [-0.39, 0.29) is 5.75 Å². The normalized spacial score (nSPS) is 11.1. The van der Waals surface area contributed by atoms with Crippen molar-refractivity contribution in [1.82, 2.24) is 0 Å². The van der Waals surface area contributed by atoms with Crippen molar-refractivity contribution in [3.63, 3.8) is 0 Å². The van der Waals surface area contributed by atoms with E-state index in [9.17, 15) is 8.42 Å². The van der Waals surface area contributed by atoms with Gasteiger partial charge >= 0.3 is 0 Å². The smallest absolute Gasteiger partial charge is 0.236 e. The molecule has 0 saturated heterocycles. The van der Waals surface area contributed by atoms with Crippen LogP contribution in [0.1, 0.15) is 5.56 Å². The molecule has 21 heavy (non-hydrogen) atoms. The average Bonchev–Trinajstić information content (AvgIpc) is 2.41. The minimum absolute atomic E-state index is 0.147. The fourth-order valence-electron chi connectivity index (χ4n) is 1.93. The first-order valence-corrected chi connectivity index (χ1v) is 8.14. The molecular formula is C15H19N3O2S. The van der Waals surface area contributed by atoms with E-state index >= 15 is 0 Å². The molecule has 0 aliphatic rings. The van der Waals surface area contributed by atoms with Crippen molar-refractivity contribution in [1.29, 1.82) is 0 Å². The molecule has 5 nitrogen and oxygen atoms in total. The summed E-state index contributed by atoms with van der Waals surface area (Å²) in [4.78, 5) is 1.91. The van der Waals surface area contributed by atoms with Crippen molar-refractivity contribution in [2.24, 2.45) is 0 Å². The van der Waals surface area contributed by atoms with Gasteiger partial charge in [-0.25, -0.2) is 8.42 Å². The van der Waals surface area contributed by atoms with Gasteiger partial charge in [0.05, 0.1) is 11.4 Å². The molecular weight excluding hydrogens is 286 g/mol. The van der Waals surface area contributed by atoms with Gasteiger partial charge in [-0.2, -0.15) is 0 Å². The molecule has 3 N–H and O–H groups in total. The van der Waals surface area contributed by atoms with Gasteiger partial charge in [0.15, 0.2) is 0 Å². The second-order valence-corrected chi connectivity index (χ2v) is 6.73. The summed E-state index contributed by atoms with van der Waals surface area (Å²) in [6.45, 7) is 0. The summed E-state index contributed by atoms with van der Waals surface area (Å²) in [5, 5.41) is 0. The van der Waals surface area contributed by atoms with Gasteiger partial charge in [-0.3, -0.25) is 4.72 Å². The average molecular weight is 305 g/mol. The van der Waals surface area contributed by atoms with Gasteiger partial charge < -0.3 is 10.6 Å². The first kappa shape index (κ1) is 15.2. The summed E-state index contributed by atoms with van der Waals surface area (Å²) < 4.78 is 27.0. The Kier molecular flexibility index (Phi) is 4.37. The maximum absolute atomic E-state index is 12.2. The van der Waals surface area contributed by atoms with Crippen LogP contribution in [0.3, 0.4) is 0 Å². The van der Waals surface area contributed by atoms with Gasteiger partial charge in [-0.15, -0.1) is 0 Å². The molecule has 0 aliphatic carbocycles. The molecule has 2 rings (SSSR count). The van der Waals surface area contributed by atoms with Gasteiger partial charge in [-0.05, 0) is 29.8 Å². The van der Waals surface area contributed by atoms with Crippen LogP contribution in [0.4, 0.5) is 17.1 Å². The Balaban J connectivity index is 2.18. The molecule has 0 spiro atoms. The largest absolute Gasteiger partial charge is 0.398 e. The number of hydrogen-bond acceptors (Lipinski definition) is 4. The molecule has 2 aromatic carbocycles. The van der Waals surface area contributed by atoms with Crippen molar-refractivity contribution >= 4 is 27.1 Å². The zero-order valence-electron chi connectivity index (χ0n) is 12.1. The van der Waals surface area contributed by atoms with Crippen molar-refractivity contribution in [2.45, 2.75) is 5.75 Å². The van der Waals surface area contributed by atoms with E-state index in [0.29, 0.717) is 16.9 Å². The van der Waals surface area contributed by atoms with E-state index in [2.05, 4.69) is 4.72 Å². The molecule has 0 aromatic heterocycles. The van der Waals surface area contributed by atoms with Gasteiger partial charge in [-0.1, -0.05) is 24.3 Å². The minimum Gasteiger partial charge on any atom is -0.398 e. The predicted octanol–water partition coefficient (Wildman–Crippen LogP) is 2.28. The van der Waals surface area contributed by atoms with Crippen molar-refractivity contribution in [3.8, 4) is 0 Å². The van der Waals surface area contributed by atoms with Gasteiger partial charge in [0.1, 0.15) is 0 Å². The number of rotatable bonds is 5. The Hall–Kier alpha value is -2.21. The molecule has 6 heteroatoms. The van der Waals surface area contributed by atoms with E-state index in [4.69, 9.17) is 5.73 Å². The molecule has 0 amide bonds. The molecule has 0 fully saturated rings. The highest BCUT2D eigenvalue weighted by molar-refractivity contribution is 7.91. The summed E-state index contributed by atoms with van der Waals surface area (Å²) in [5.74, 6) is -0.147. The third-order valence-corrected chi connectivity index (χ3v) is 4.27. The van der Waals surface area contributed by atoms with Crippen molar-refractivity contribution in [3.05, 3.63) is 54.1 Å². The Morgan fingerprint density at radius 3 is 2.48 bits per heavy atom. The molecule has 0 saturated carbocycles. The summed E-state index contributed by atoms with van der Waals surface area (Å²) >= 11 is 0. The highest BCUT2D eigenvalue weighted by Crippen LogP contribution is 2.20. The number of nitrogens with one attached hydrogen (secondary N) is 1. The Morgan fingerprint density at radius 2 is 1.81 bits per heavy atom. The number of benzene rings is 2. The van der Waals surface area contributed by atoms with E-state index in [1.165, 1.54) is 0 Å². The number of nitrogens with zero attached hydrogens (tertiary/aromatic N) is 1. The molecule has 0 bridgehead atoms. The van der Waals surface area contributed by atoms with Crippen molar-refractivity contribution in [2.75, 3.05) is 29.5 Å². The van der Waals surface area contributed by atoms with Crippen LogP contribution in [-0.2, 0) is 15.8 Å². The SMILES string of the molecule is CN(C)c1cccc(NS(=O)(=O)Cc2ccccc2N)c1. The molecule has 2 aromatic rings. The van der Waals surface area contributed by atoms with E-state index in [1.807, 2.05) is 31.1 Å². The summed E-state index contributed by atoms with van der Waals surface area (Å²) in [5.41, 5.74) is 8.32. The summed E-state index contributed by atoms with van der Waals surface area (Å²) in [7, 11) is 0.301. The van der Waals surface area contributed by atoms with E-state index in [0.717, 1.165) is 5.69 Å². The fourth-order valence-corrected chi connectivity index (χ4v) is 3.16. The lowest BCUT2D eigenvalue weighted by Gasteiger charge is -2.15. The number of sulfonamides is 1. The minimum atomic E-state index is -3.50. The van der Waals surface area contributed by atoms with Crippen LogP contribution in [0.5, 0.6) is 0 Å². The second kappa shape index (κ2) is 6.05. The third-order valence-electron chi connectivity index (χ3n) is 3.04. The summed E-state index contributed by atoms with van der Waals surface area (Å²) in [6.07, 6.45) is 0. The Labute approximate surface area is 125 Å². The fraction of sp³-hybridized carbons (Fsp3) is 0.200. The van der Waals surface area contributed by atoms with E-state index < -0.39 is 10.0 Å². The number of hydrogen-bond donors (Lipinski definition) is 2. The lowest BCUT2D eigenvalue weighted by atomic mass is 10.2. The number of para-hydroxylation sites is 1. The number of anilines is 3. The molecule has 0 unspecified atom stereocenters. The molecule has 0 heterocycles. The van der Waals surface area contributed by atoms with Gasteiger partial charge in [0, 0.05) is 25.5 Å². The lowest BCUT2D eigenvalue weighted by molar-refractivity contribution is 0.600. The Morgan fingerprint density at radius 1 is 1.10 bits per heavy atom. The lowest BCUT2D eigenvalue weighted by Crippen LogP contribution is -2.16. The van der Waals surface area contributed by atoms with Crippen LogP contribution in [0, 0.1) is 0 Å². The maximum Gasteiger partial charge on any atom is 0.236 e. The van der Waals surface area contributed by atoms with Crippen LogP contribution >= 0.6 is 0 Å². The summed E-state index contributed by atoms with van der Waals surface area (Å²) in [6, 6.07) is 14.2. The van der Waals surface area contributed by atoms with Crippen LogP contribution in [0.25, 0.3) is 0 Å². The zero-order valence-corrected chi connectivity index (χ0v) is 12.9. The third kappa shape index (κ3) is 4.13. The van der Waals surface area contributed by atoms with E-state index in [1.54, 1.807) is 36.4 Å². The molecule has 112 valence electrons. The van der Waals surface area contributed by atoms with Crippen LogP contribution in [0.2, 0.25) is 0 Å². The molecule has 0 atom stereocenters. The monoisotopic (exact) mass is 305 g/mol. The highest BCUT2D eigenvalue weighted by Gasteiger charge is 2.13. The van der Waals surface area contributed by atoms with Crippen LogP contribution in [0.15, 0.2) is 48.5 Å². The highest BCUT2D eigenvalue weighted by atomic mass is 32.2. The topological polar surface area (TPSA) is 75.4 Å². The maximum atomic E-state index is 12.2. The van der Waals surface area contributed by atoms with Gasteiger partial charge in [0.25, 0.3) is 0 Å². The first-order valence-electron chi connectivity index (χ1n) is 6.49. The second-order valence-electron chi connectivity index (χ2n) is 5.00. The first-order chi connectivity index (χ1) is 9.87. The number of nitrogens with two attached hydrogens (primary N) is 1. The Bertz CT molecular complexity index is 727. The molecule has 0 aliphatic heterocycles. The quantitative estimate of drug-likeness (QED) is 0.831. The molecule has 0 radical (unpaired) electrons. The predicted molar refractivity (Wildman–Crippen MR) is 87.9 cm³/mol. The number of nitrogen functional groups attached to an aromatic ring is 1.